The van der Waals surface area contributed by atoms with Crippen molar-refractivity contribution in [1.29, 1.82) is 0 Å². The summed E-state index contributed by atoms with van der Waals surface area (Å²) in [4.78, 5) is 17.1. The van der Waals surface area contributed by atoms with Crippen LogP contribution in [0.5, 0.6) is 0 Å². The summed E-state index contributed by atoms with van der Waals surface area (Å²) in [6.07, 6.45) is 1.72. The number of amidine groups is 1. The van der Waals surface area contributed by atoms with Crippen LogP contribution in [0.25, 0.3) is 6.08 Å². The first kappa shape index (κ1) is 18.0. The summed E-state index contributed by atoms with van der Waals surface area (Å²) in [7, 11) is 0. The van der Waals surface area contributed by atoms with Gasteiger partial charge in [0.25, 0.3) is 5.91 Å². The molecule has 1 saturated heterocycles. The molecule has 1 fully saturated rings. The Kier molecular flexibility index (Phi) is 5.21. The highest BCUT2D eigenvalue weighted by Crippen LogP contribution is 2.28. The third-order valence-electron chi connectivity index (χ3n) is 3.98. The Bertz CT molecular complexity index is 1050. The van der Waals surface area contributed by atoms with Crippen LogP contribution in [0, 0.1) is 5.82 Å². The normalized spacial score (nSPS) is 16.4. The van der Waals surface area contributed by atoms with E-state index in [4.69, 9.17) is 0 Å². The number of hydrogen-bond donors (Lipinski definition) is 2. The zero-order valence-corrected chi connectivity index (χ0v) is 15.5. The van der Waals surface area contributed by atoms with Gasteiger partial charge >= 0.3 is 0 Å². The van der Waals surface area contributed by atoms with E-state index in [0.717, 1.165) is 22.6 Å². The molecule has 3 aromatic rings. The van der Waals surface area contributed by atoms with Gasteiger partial charge < -0.3 is 10.6 Å². The average molecular weight is 389 g/mol. The maximum atomic E-state index is 13.0. The predicted octanol–water partition coefficient (Wildman–Crippen LogP) is 5.46. The van der Waals surface area contributed by atoms with E-state index in [1.807, 2.05) is 54.6 Å². The molecule has 0 aromatic heterocycles. The van der Waals surface area contributed by atoms with Gasteiger partial charge in [-0.3, -0.25) is 4.79 Å². The smallest absolute Gasteiger partial charge is 0.264 e. The fraction of sp³-hybridized carbons (Fsp3) is 0. The third-order valence-corrected chi connectivity index (χ3v) is 4.89. The minimum atomic E-state index is -0.307. The van der Waals surface area contributed by atoms with E-state index in [2.05, 4.69) is 15.6 Å². The van der Waals surface area contributed by atoms with Gasteiger partial charge in [0.2, 0.25) is 0 Å². The predicted molar refractivity (Wildman–Crippen MR) is 113 cm³/mol. The molecule has 0 bridgehead atoms. The molecular weight excluding hydrogens is 373 g/mol. The van der Waals surface area contributed by atoms with Crippen LogP contribution in [0.2, 0.25) is 0 Å². The molecule has 6 heteroatoms. The Balaban J connectivity index is 1.45. The molecule has 138 valence electrons. The number of anilines is 2. The number of nitrogens with zero attached hydrogens (tertiary/aromatic N) is 1. The maximum Gasteiger partial charge on any atom is 0.264 e. The molecule has 4 nitrogen and oxygen atoms in total. The molecule has 28 heavy (non-hydrogen) atoms. The standard InChI is InChI=1S/C22H16FN3OS/c23-16-8-6-15(7-9-16)14-20-21(27)26-22(28-20)25-19-12-10-18(11-13-19)24-17-4-2-1-3-5-17/h1-14,24H,(H,25,26,27)/b20-14-. The summed E-state index contributed by atoms with van der Waals surface area (Å²) in [5, 5.41) is 6.58. The van der Waals surface area contributed by atoms with Crippen molar-refractivity contribution in [3.05, 3.63) is 95.1 Å². The lowest BCUT2D eigenvalue weighted by Crippen LogP contribution is -2.19. The maximum absolute atomic E-state index is 13.0. The van der Waals surface area contributed by atoms with E-state index >= 15 is 0 Å². The number of carbonyl (C=O) groups is 1. The van der Waals surface area contributed by atoms with Gasteiger partial charge in [-0.25, -0.2) is 9.38 Å². The Morgan fingerprint density at radius 3 is 2.29 bits per heavy atom. The molecule has 1 heterocycles. The Labute approximate surface area is 166 Å². The largest absolute Gasteiger partial charge is 0.356 e. The number of carbonyl (C=O) groups excluding carboxylic acids is 1. The van der Waals surface area contributed by atoms with Crippen LogP contribution in [0.15, 0.2) is 88.8 Å². The SMILES string of the molecule is O=C1NC(=Nc2ccc(Nc3ccccc3)cc2)S/C1=C\c1ccc(F)cc1. The van der Waals surface area contributed by atoms with E-state index in [0.29, 0.717) is 10.1 Å². The Morgan fingerprint density at radius 1 is 0.893 bits per heavy atom. The van der Waals surface area contributed by atoms with Crippen LogP contribution in [-0.2, 0) is 4.79 Å². The van der Waals surface area contributed by atoms with E-state index in [1.165, 1.54) is 23.9 Å². The summed E-state index contributed by atoms with van der Waals surface area (Å²) >= 11 is 1.26. The third kappa shape index (κ3) is 4.47. The number of nitrogens with one attached hydrogen (secondary N) is 2. The van der Waals surface area contributed by atoms with Crippen LogP contribution in [0.1, 0.15) is 5.56 Å². The van der Waals surface area contributed by atoms with E-state index in [-0.39, 0.29) is 11.7 Å². The number of thioether (sulfide) groups is 1. The first-order valence-corrected chi connectivity index (χ1v) is 9.45. The van der Waals surface area contributed by atoms with Crippen LogP contribution in [0.3, 0.4) is 0 Å². The van der Waals surface area contributed by atoms with Gasteiger partial charge in [0.1, 0.15) is 5.82 Å². The quantitative estimate of drug-likeness (QED) is 0.583. The van der Waals surface area contributed by atoms with Gasteiger partial charge in [0, 0.05) is 11.4 Å². The number of benzene rings is 3. The second-order valence-corrected chi connectivity index (χ2v) is 7.10. The number of hydrogen-bond acceptors (Lipinski definition) is 4. The van der Waals surface area contributed by atoms with Gasteiger partial charge in [0.05, 0.1) is 10.6 Å². The van der Waals surface area contributed by atoms with Gasteiger partial charge in [-0.15, -0.1) is 0 Å². The number of para-hydroxylation sites is 1. The molecule has 0 unspecified atom stereocenters. The molecule has 1 aliphatic heterocycles. The highest BCUT2D eigenvalue weighted by atomic mass is 32.2. The molecule has 0 atom stereocenters. The summed E-state index contributed by atoms with van der Waals surface area (Å²) in [5.74, 6) is -0.520. The van der Waals surface area contributed by atoms with Crippen LogP contribution >= 0.6 is 11.8 Å². The van der Waals surface area contributed by atoms with Crippen LogP contribution in [-0.4, -0.2) is 11.1 Å². The topological polar surface area (TPSA) is 53.5 Å². The van der Waals surface area contributed by atoms with Crippen molar-refractivity contribution in [2.24, 2.45) is 4.99 Å². The van der Waals surface area contributed by atoms with Crippen LogP contribution < -0.4 is 10.6 Å². The Hall–Kier alpha value is -3.38. The fourth-order valence-corrected chi connectivity index (χ4v) is 3.46. The average Bonchev–Trinajstić information content (AvgIpc) is 3.05. The summed E-state index contributed by atoms with van der Waals surface area (Å²) in [6.45, 7) is 0. The monoisotopic (exact) mass is 389 g/mol. The van der Waals surface area contributed by atoms with Gasteiger partial charge in [-0.2, -0.15) is 0 Å². The lowest BCUT2D eigenvalue weighted by molar-refractivity contribution is -0.115. The zero-order chi connectivity index (χ0) is 19.3. The summed E-state index contributed by atoms with van der Waals surface area (Å²) < 4.78 is 13.0. The molecular formula is C22H16FN3OS. The van der Waals surface area contributed by atoms with E-state index in [1.54, 1.807) is 18.2 Å². The molecule has 2 N–H and O–H groups in total. The molecule has 1 aliphatic rings. The van der Waals surface area contributed by atoms with Crippen molar-refractivity contribution in [2.45, 2.75) is 0 Å². The lowest BCUT2D eigenvalue weighted by Gasteiger charge is -2.06. The highest BCUT2D eigenvalue weighted by molar-refractivity contribution is 8.18. The molecule has 1 amide bonds. The van der Waals surface area contributed by atoms with Crippen molar-refractivity contribution in [3.63, 3.8) is 0 Å². The van der Waals surface area contributed by atoms with Crippen LogP contribution in [0.4, 0.5) is 21.5 Å². The van der Waals surface area contributed by atoms with E-state index < -0.39 is 0 Å². The molecule has 0 spiro atoms. The number of rotatable bonds is 4. The van der Waals surface area contributed by atoms with Crippen molar-refractivity contribution in [1.82, 2.24) is 5.32 Å². The van der Waals surface area contributed by atoms with Crippen molar-refractivity contribution in [2.75, 3.05) is 5.32 Å². The van der Waals surface area contributed by atoms with Crippen molar-refractivity contribution >= 4 is 46.0 Å². The molecule has 3 aromatic carbocycles. The molecule has 4 rings (SSSR count). The Morgan fingerprint density at radius 2 is 1.57 bits per heavy atom. The molecule has 0 radical (unpaired) electrons. The molecule has 0 aliphatic carbocycles. The number of aliphatic imine (C=N–C) groups is 1. The first-order valence-electron chi connectivity index (χ1n) is 8.63. The van der Waals surface area contributed by atoms with Gasteiger partial charge in [-0.05, 0) is 71.9 Å². The molecule has 0 saturated carbocycles. The fourth-order valence-electron chi connectivity index (χ4n) is 2.62. The minimum absolute atomic E-state index is 0.213. The second-order valence-electron chi connectivity index (χ2n) is 6.07. The van der Waals surface area contributed by atoms with Crippen molar-refractivity contribution in [3.8, 4) is 0 Å². The van der Waals surface area contributed by atoms with E-state index in [9.17, 15) is 9.18 Å². The highest BCUT2D eigenvalue weighted by Gasteiger charge is 2.23. The second kappa shape index (κ2) is 8.10. The van der Waals surface area contributed by atoms with Crippen molar-refractivity contribution < 1.29 is 9.18 Å². The minimum Gasteiger partial charge on any atom is -0.356 e. The number of amides is 1. The summed E-state index contributed by atoms with van der Waals surface area (Å²) in [5.41, 5.74) is 3.46. The lowest BCUT2D eigenvalue weighted by atomic mass is 10.2. The number of halogens is 1. The summed E-state index contributed by atoms with van der Waals surface area (Å²) in [6, 6.07) is 23.5. The first-order chi connectivity index (χ1) is 13.7. The van der Waals surface area contributed by atoms with Gasteiger partial charge in [0.15, 0.2) is 5.17 Å². The van der Waals surface area contributed by atoms with Gasteiger partial charge in [-0.1, -0.05) is 30.3 Å². The zero-order valence-electron chi connectivity index (χ0n) is 14.7.